The van der Waals surface area contributed by atoms with Gasteiger partial charge in [0.05, 0.1) is 0 Å². The molecule has 108 valence electrons. The van der Waals surface area contributed by atoms with Crippen LogP contribution in [0.4, 0.5) is 0 Å². The van der Waals surface area contributed by atoms with Gasteiger partial charge in [0.1, 0.15) is 0 Å². The van der Waals surface area contributed by atoms with E-state index in [4.69, 9.17) is 0 Å². The molecule has 1 aliphatic rings. The van der Waals surface area contributed by atoms with Crippen molar-refractivity contribution in [3.8, 4) is 0 Å². The Bertz CT molecular complexity index is 202. The molecule has 0 amide bonds. The number of nitrogens with zero attached hydrogens (tertiary/aromatic N) is 2. The summed E-state index contributed by atoms with van der Waals surface area (Å²) in [6.07, 6.45) is 4.02. The van der Waals surface area contributed by atoms with Crippen LogP contribution in [0, 0.1) is 0 Å². The molecule has 1 N–H and O–H groups in total. The minimum atomic E-state index is 0.629. The molecular formula is C15H33N3. The smallest absolute Gasteiger partial charge is 0.0235 e. The molecule has 1 fully saturated rings. The average Bonchev–Trinajstić information content (AvgIpc) is 2.79. The van der Waals surface area contributed by atoms with Gasteiger partial charge in [-0.1, -0.05) is 27.7 Å². The number of hydrogen-bond acceptors (Lipinski definition) is 3. The summed E-state index contributed by atoms with van der Waals surface area (Å²) in [5.41, 5.74) is 0. The highest BCUT2D eigenvalue weighted by Gasteiger charge is 2.25. The Balaban J connectivity index is 2.07. The van der Waals surface area contributed by atoms with E-state index < -0.39 is 0 Å². The molecule has 0 saturated carbocycles. The van der Waals surface area contributed by atoms with E-state index in [1.165, 1.54) is 58.5 Å². The number of hydrogen-bond donors (Lipinski definition) is 1. The molecule has 0 aliphatic carbocycles. The van der Waals surface area contributed by atoms with E-state index in [-0.39, 0.29) is 0 Å². The summed E-state index contributed by atoms with van der Waals surface area (Å²) in [5.74, 6) is 0. The van der Waals surface area contributed by atoms with Gasteiger partial charge in [-0.2, -0.15) is 0 Å². The molecular weight excluding hydrogens is 222 g/mol. The van der Waals surface area contributed by atoms with Crippen LogP contribution in [0.5, 0.6) is 0 Å². The van der Waals surface area contributed by atoms with Crippen molar-refractivity contribution in [2.75, 3.05) is 39.3 Å². The van der Waals surface area contributed by atoms with Crippen LogP contribution in [-0.4, -0.2) is 61.2 Å². The lowest BCUT2D eigenvalue weighted by molar-refractivity contribution is 0.210. The average molecular weight is 255 g/mol. The standard InChI is InChI=1S/C15H33N3/c1-5-18(6-2)15-9-12-17(13-15)11-8-7-10-16-14(3)4/h14-16H,5-13H2,1-4H3. The highest BCUT2D eigenvalue weighted by molar-refractivity contribution is 4.82. The fourth-order valence-corrected chi connectivity index (χ4v) is 2.90. The minimum absolute atomic E-state index is 0.629. The summed E-state index contributed by atoms with van der Waals surface area (Å²) in [5, 5.41) is 3.49. The van der Waals surface area contributed by atoms with Crippen LogP contribution in [0.15, 0.2) is 0 Å². The zero-order valence-corrected chi connectivity index (χ0v) is 12.9. The second-order valence-corrected chi connectivity index (χ2v) is 5.78. The van der Waals surface area contributed by atoms with Crippen LogP contribution < -0.4 is 5.32 Å². The molecule has 0 aromatic heterocycles. The second kappa shape index (κ2) is 8.89. The molecule has 1 saturated heterocycles. The van der Waals surface area contributed by atoms with Gasteiger partial charge in [-0.05, 0) is 52.0 Å². The molecule has 3 heteroatoms. The summed E-state index contributed by atoms with van der Waals surface area (Å²) < 4.78 is 0. The number of nitrogens with one attached hydrogen (secondary N) is 1. The van der Waals surface area contributed by atoms with Crippen molar-refractivity contribution < 1.29 is 0 Å². The Labute approximate surface area is 114 Å². The molecule has 1 unspecified atom stereocenters. The predicted octanol–water partition coefficient (Wildman–Crippen LogP) is 2.18. The third-order valence-corrected chi connectivity index (χ3v) is 4.03. The van der Waals surface area contributed by atoms with Gasteiger partial charge in [-0.15, -0.1) is 0 Å². The second-order valence-electron chi connectivity index (χ2n) is 5.78. The van der Waals surface area contributed by atoms with E-state index in [0.717, 1.165) is 6.04 Å². The van der Waals surface area contributed by atoms with Crippen LogP contribution >= 0.6 is 0 Å². The van der Waals surface area contributed by atoms with Gasteiger partial charge < -0.3 is 10.2 Å². The van der Waals surface area contributed by atoms with E-state index in [2.05, 4.69) is 42.8 Å². The van der Waals surface area contributed by atoms with Gasteiger partial charge in [-0.3, -0.25) is 4.90 Å². The molecule has 0 aromatic carbocycles. The van der Waals surface area contributed by atoms with Crippen LogP contribution in [0.1, 0.15) is 47.0 Å². The number of likely N-dealkylation sites (tertiary alicyclic amines) is 1. The Kier molecular flexibility index (Phi) is 7.87. The Morgan fingerprint density at radius 2 is 1.94 bits per heavy atom. The number of rotatable bonds is 9. The summed E-state index contributed by atoms with van der Waals surface area (Å²) >= 11 is 0. The van der Waals surface area contributed by atoms with Crippen LogP contribution in [0.2, 0.25) is 0 Å². The van der Waals surface area contributed by atoms with Crippen molar-refractivity contribution in [3.63, 3.8) is 0 Å². The molecule has 0 spiro atoms. The van der Waals surface area contributed by atoms with E-state index in [9.17, 15) is 0 Å². The molecule has 0 aromatic rings. The summed E-state index contributed by atoms with van der Waals surface area (Å²) in [7, 11) is 0. The van der Waals surface area contributed by atoms with Gasteiger partial charge in [0, 0.05) is 18.6 Å². The van der Waals surface area contributed by atoms with Crippen LogP contribution in [0.3, 0.4) is 0 Å². The maximum atomic E-state index is 3.49. The van der Waals surface area contributed by atoms with Crippen molar-refractivity contribution in [2.24, 2.45) is 0 Å². The summed E-state index contributed by atoms with van der Waals surface area (Å²) in [4.78, 5) is 5.26. The predicted molar refractivity (Wildman–Crippen MR) is 80.1 cm³/mol. The van der Waals surface area contributed by atoms with Gasteiger partial charge in [-0.25, -0.2) is 0 Å². The zero-order valence-electron chi connectivity index (χ0n) is 12.9. The fourth-order valence-electron chi connectivity index (χ4n) is 2.90. The quantitative estimate of drug-likeness (QED) is 0.637. The molecule has 1 rings (SSSR count). The van der Waals surface area contributed by atoms with Gasteiger partial charge in [0.25, 0.3) is 0 Å². The largest absolute Gasteiger partial charge is 0.315 e. The third-order valence-electron chi connectivity index (χ3n) is 4.03. The molecule has 1 atom stereocenters. The Morgan fingerprint density at radius 3 is 2.56 bits per heavy atom. The first-order valence-corrected chi connectivity index (χ1v) is 7.87. The molecule has 1 aliphatic heterocycles. The normalized spacial score (nSPS) is 21.3. The van der Waals surface area contributed by atoms with E-state index in [1.54, 1.807) is 0 Å². The van der Waals surface area contributed by atoms with E-state index in [1.807, 2.05) is 0 Å². The van der Waals surface area contributed by atoms with Crippen LogP contribution in [-0.2, 0) is 0 Å². The Morgan fingerprint density at radius 1 is 1.22 bits per heavy atom. The monoisotopic (exact) mass is 255 g/mol. The van der Waals surface area contributed by atoms with Gasteiger partial charge >= 0.3 is 0 Å². The first-order chi connectivity index (χ1) is 8.67. The first-order valence-electron chi connectivity index (χ1n) is 7.87. The molecule has 1 heterocycles. The summed E-state index contributed by atoms with van der Waals surface area (Å²) in [6.45, 7) is 16.5. The zero-order chi connectivity index (χ0) is 13.4. The molecule has 3 nitrogen and oxygen atoms in total. The molecule has 18 heavy (non-hydrogen) atoms. The van der Waals surface area contributed by atoms with Crippen LogP contribution in [0.25, 0.3) is 0 Å². The van der Waals surface area contributed by atoms with E-state index in [0.29, 0.717) is 6.04 Å². The number of likely N-dealkylation sites (N-methyl/N-ethyl adjacent to an activating group) is 1. The molecule has 0 bridgehead atoms. The van der Waals surface area contributed by atoms with Gasteiger partial charge in [0.2, 0.25) is 0 Å². The molecule has 0 radical (unpaired) electrons. The highest BCUT2D eigenvalue weighted by atomic mass is 15.2. The maximum Gasteiger partial charge on any atom is 0.0235 e. The first kappa shape index (κ1) is 15.9. The lowest BCUT2D eigenvalue weighted by Crippen LogP contribution is -2.37. The van der Waals surface area contributed by atoms with Crippen molar-refractivity contribution >= 4 is 0 Å². The van der Waals surface area contributed by atoms with Crippen molar-refractivity contribution in [1.29, 1.82) is 0 Å². The summed E-state index contributed by atoms with van der Waals surface area (Å²) in [6, 6.07) is 1.44. The maximum absolute atomic E-state index is 3.49. The van der Waals surface area contributed by atoms with Crippen molar-refractivity contribution in [3.05, 3.63) is 0 Å². The highest BCUT2D eigenvalue weighted by Crippen LogP contribution is 2.15. The fraction of sp³-hybridized carbons (Fsp3) is 1.00. The van der Waals surface area contributed by atoms with Crippen molar-refractivity contribution in [2.45, 2.75) is 59.0 Å². The Hall–Kier alpha value is -0.120. The number of unbranched alkanes of at least 4 members (excludes halogenated alkanes) is 1. The van der Waals surface area contributed by atoms with Crippen molar-refractivity contribution in [1.82, 2.24) is 15.1 Å². The topological polar surface area (TPSA) is 18.5 Å². The third kappa shape index (κ3) is 5.68. The lowest BCUT2D eigenvalue weighted by Gasteiger charge is -2.26. The SMILES string of the molecule is CCN(CC)C1CCN(CCCCNC(C)C)C1. The van der Waals surface area contributed by atoms with Gasteiger partial charge in [0.15, 0.2) is 0 Å². The van der Waals surface area contributed by atoms with E-state index >= 15 is 0 Å². The lowest BCUT2D eigenvalue weighted by atomic mass is 10.2. The minimum Gasteiger partial charge on any atom is -0.315 e.